The summed E-state index contributed by atoms with van der Waals surface area (Å²) >= 11 is 1.57. The molecule has 0 spiro atoms. The SMILES string of the molecule is CCc1cc2c(N3CCN(C(=O)c4cccc(-c5ccc(C(=O)O)cc5)c4)CC3)nc(OC[C@H](O)CO)nc2s1. The fourth-order valence-corrected chi connectivity index (χ4v) is 5.53. The van der Waals surface area contributed by atoms with E-state index in [4.69, 9.17) is 14.9 Å². The van der Waals surface area contributed by atoms with Crippen LogP contribution in [0.2, 0.25) is 0 Å². The molecule has 11 heteroatoms. The van der Waals surface area contributed by atoms with Gasteiger partial charge in [-0.1, -0.05) is 31.2 Å². The van der Waals surface area contributed by atoms with Crippen LogP contribution in [-0.2, 0) is 6.42 Å². The summed E-state index contributed by atoms with van der Waals surface area (Å²) in [6.07, 6.45) is -0.153. The van der Waals surface area contributed by atoms with Crippen LogP contribution in [0.25, 0.3) is 21.3 Å². The Morgan fingerprint density at radius 1 is 1.00 bits per heavy atom. The number of piperazine rings is 1. The van der Waals surface area contributed by atoms with E-state index in [0.717, 1.165) is 33.6 Å². The van der Waals surface area contributed by atoms with Crippen LogP contribution in [0.1, 0.15) is 32.5 Å². The molecule has 1 amide bonds. The zero-order valence-corrected chi connectivity index (χ0v) is 22.8. The largest absolute Gasteiger partial charge is 0.478 e. The minimum Gasteiger partial charge on any atom is -0.478 e. The standard InChI is InChI=1S/C29H30N4O6S/c1-2-23-15-24-25(30-29(31-26(24)40-23)39-17-22(35)16-34)32-10-12-33(13-11-32)27(36)21-5-3-4-20(14-21)18-6-8-19(9-7-18)28(37)38/h3-9,14-15,22,34-35H,2,10-13,16-17H2,1H3,(H,37,38)/t22-/m1/s1. The Hall–Kier alpha value is -4.06. The van der Waals surface area contributed by atoms with Gasteiger partial charge >= 0.3 is 12.0 Å². The van der Waals surface area contributed by atoms with Gasteiger partial charge in [0.05, 0.1) is 17.6 Å². The van der Waals surface area contributed by atoms with E-state index in [0.29, 0.717) is 31.7 Å². The van der Waals surface area contributed by atoms with Gasteiger partial charge in [0.15, 0.2) is 0 Å². The average Bonchev–Trinajstić information content (AvgIpc) is 3.42. The third kappa shape index (κ3) is 5.91. The number of ether oxygens (including phenoxy) is 1. The maximum absolute atomic E-state index is 13.4. The number of carboxylic acids is 1. The molecule has 40 heavy (non-hydrogen) atoms. The van der Waals surface area contributed by atoms with Crippen molar-refractivity contribution >= 4 is 39.2 Å². The monoisotopic (exact) mass is 562 g/mol. The molecule has 2 aromatic heterocycles. The van der Waals surface area contributed by atoms with E-state index < -0.39 is 18.7 Å². The molecule has 208 valence electrons. The zero-order valence-electron chi connectivity index (χ0n) is 22.0. The van der Waals surface area contributed by atoms with Crippen LogP contribution >= 0.6 is 11.3 Å². The normalized spacial score (nSPS) is 14.4. The van der Waals surface area contributed by atoms with Gasteiger partial charge in [0.2, 0.25) is 0 Å². The Kier molecular flexibility index (Phi) is 8.24. The molecular weight excluding hydrogens is 532 g/mol. The number of hydrogen-bond acceptors (Lipinski definition) is 9. The van der Waals surface area contributed by atoms with Gasteiger partial charge in [-0.2, -0.15) is 9.97 Å². The van der Waals surface area contributed by atoms with E-state index in [1.165, 1.54) is 4.88 Å². The summed E-state index contributed by atoms with van der Waals surface area (Å²) in [5.74, 6) is -0.318. The quantitative estimate of drug-likeness (QED) is 0.281. The number of carboxylic acid groups (broad SMARTS) is 1. The molecule has 3 N–H and O–H groups in total. The topological polar surface area (TPSA) is 136 Å². The molecule has 1 fully saturated rings. The molecule has 5 rings (SSSR count). The van der Waals surface area contributed by atoms with E-state index in [2.05, 4.69) is 27.9 Å². The minimum atomic E-state index is -1.02. The van der Waals surface area contributed by atoms with Crippen molar-refractivity contribution in [3.8, 4) is 17.1 Å². The van der Waals surface area contributed by atoms with Crippen molar-refractivity contribution in [2.45, 2.75) is 19.4 Å². The summed E-state index contributed by atoms with van der Waals surface area (Å²) in [6, 6.07) is 16.2. The van der Waals surface area contributed by atoms with Crippen molar-refractivity contribution in [3.63, 3.8) is 0 Å². The van der Waals surface area contributed by atoms with Crippen molar-refractivity contribution in [3.05, 3.63) is 70.6 Å². The lowest BCUT2D eigenvalue weighted by molar-refractivity contribution is 0.0506. The van der Waals surface area contributed by atoms with E-state index in [-0.39, 0.29) is 24.1 Å². The van der Waals surface area contributed by atoms with E-state index in [9.17, 15) is 14.7 Å². The number of aliphatic hydroxyl groups is 2. The summed E-state index contributed by atoms with van der Waals surface area (Å²) in [7, 11) is 0. The fraction of sp³-hybridized carbons (Fsp3) is 0.310. The molecule has 4 aromatic rings. The van der Waals surface area contributed by atoms with Crippen LogP contribution in [-0.4, -0.2) is 87.6 Å². The van der Waals surface area contributed by atoms with Crippen LogP contribution < -0.4 is 9.64 Å². The second-order valence-corrected chi connectivity index (χ2v) is 10.6. The molecule has 2 aromatic carbocycles. The number of amides is 1. The number of carbonyl (C=O) groups is 2. The molecule has 1 aliphatic heterocycles. The Morgan fingerprint density at radius 3 is 2.42 bits per heavy atom. The number of aromatic nitrogens is 2. The number of rotatable bonds is 9. The highest BCUT2D eigenvalue weighted by Gasteiger charge is 2.26. The molecule has 0 bridgehead atoms. The first kappa shape index (κ1) is 27.5. The van der Waals surface area contributed by atoms with Crippen LogP contribution in [0, 0.1) is 0 Å². The predicted molar refractivity (Wildman–Crippen MR) is 152 cm³/mol. The molecule has 1 atom stereocenters. The van der Waals surface area contributed by atoms with Gasteiger partial charge in [-0.25, -0.2) is 4.79 Å². The number of thiophene rings is 1. The Morgan fingerprint density at radius 2 is 1.75 bits per heavy atom. The summed E-state index contributed by atoms with van der Waals surface area (Å²) in [4.78, 5) is 39.6. The fourth-order valence-electron chi connectivity index (χ4n) is 4.58. The van der Waals surface area contributed by atoms with Crippen LogP contribution in [0.3, 0.4) is 0 Å². The smallest absolute Gasteiger partial charge is 0.335 e. The molecule has 10 nitrogen and oxygen atoms in total. The van der Waals surface area contributed by atoms with E-state index in [1.54, 1.807) is 41.7 Å². The summed E-state index contributed by atoms with van der Waals surface area (Å²) in [5, 5.41) is 28.9. The molecule has 3 heterocycles. The Balaban J connectivity index is 1.31. The van der Waals surface area contributed by atoms with Crippen LogP contribution in [0.5, 0.6) is 6.01 Å². The second-order valence-electron chi connectivity index (χ2n) is 9.50. The maximum Gasteiger partial charge on any atom is 0.335 e. The molecule has 0 radical (unpaired) electrons. The number of nitrogens with zero attached hydrogens (tertiary/aromatic N) is 4. The third-order valence-electron chi connectivity index (χ3n) is 6.81. The number of aromatic carboxylic acids is 1. The molecule has 1 aliphatic rings. The van der Waals surface area contributed by atoms with E-state index in [1.807, 2.05) is 23.1 Å². The van der Waals surface area contributed by atoms with Gasteiger partial charge in [-0.3, -0.25) is 4.79 Å². The summed E-state index contributed by atoms with van der Waals surface area (Å²) in [5.41, 5.74) is 2.46. The van der Waals surface area contributed by atoms with Crippen molar-refractivity contribution in [1.29, 1.82) is 0 Å². The van der Waals surface area contributed by atoms with Crippen molar-refractivity contribution in [1.82, 2.24) is 14.9 Å². The zero-order chi connectivity index (χ0) is 28.2. The Bertz CT molecular complexity index is 1510. The number of carbonyl (C=O) groups excluding carboxylic acids is 1. The van der Waals surface area contributed by atoms with Crippen LogP contribution in [0.4, 0.5) is 5.82 Å². The van der Waals surface area contributed by atoms with Crippen molar-refractivity contribution < 1.29 is 29.6 Å². The van der Waals surface area contributed by atoms with E-state index >= 15 is 0 Å². The summed E-state index contributed by atoms with van der Waals surface area (Å²) in [6.45, 7) is 3.71. The van der Waals surface area contributed by atoms with Gasteiger partial charge < -0.3 is 29.9 Å². The lowest BCUT2D eigenvalue weighted by atomic mass is 10.0. The maximum atomic E-state index is 13.4. The predicted octanol–water partition coefficient (Wildman–Crippen LogP) is 3.31. The van der Waals surface area contributed by atoms with Gasteiger partial charge in [-0.15, -0.1) is 11.3 Å². The molecule has 0 unspecified atom stereocenters. The molecule has 0 saturated carbocycles. The molecular formula is C29H30N4O6S. The van der Waals surface area contributed by atoms with Crippen LogP contribution in [0.15, 0.2) is 54.6 Å². The van der Waals surface area contributed by atoms with Gasteiger partial charge in [0.25, 0.3) is 5.91 Å². The lowest BCUT2D eigenvalue weighted by Crippen LogP contribution is -2.49. The van der Waals surface area contributed by atoms with Gasteiger partial charge in [0, 0.05) is 36.6 Å². The highest BCUT2D eigenvalue weighted by Crippen LogP contribution is 2.33. The second kappa shape index (κ2) is 12.0. The number of fused-ring (bicyclic) bond motifs is 1. The number of hydrogen-bond donors (Lipinski definition) is 3. The first-order valence-corrected chi connectivity index (χ1v) is 13.9. The number of aliphatic hydroxyl groups excluding tert-OH is 2. The highest BCUT2D eigenvalue weighted by molar-refractivity contribution is 7.18. The summed E-state index contributed by atoms with van der Waals surface area (Å²) < 4.78 is 5.58. The first-order valence-electron chi connectivity index (χ1n) is 13.1. The first-order chi connectivity index (χ1) is 19.4. The lowest BCUT2D eigenvalue weighted by Gasteiger charge is -2.35. The molecule has 0 aliphatic carbocycles. The number of benzene rings is 2. The number of anilines is 1. The average molecular weight is 563 g/mol. The highest BCUT2D eigenvalue weighted by atomic mass is 32.1. The third-order valence-corrected chi connectivity index (χ3v) is 7.98. The van der Waals surface area contributed by atoms with Gasteiger partial charge in [0.1, 0.15) is 23.4 Å². The number of aryl methyl sites for hydroxylation is 1. The van der Waals surface area contributed by atoms with Crippen molar-refractivity contribution in [2.24, 2.45) is 0 Å². The molecule has 1 saturated heterocycles. The van der Waals surface area contributed by atoms with Gasteiger partial charge in [-0.05, 0) is 47.9 Å². The van der Waals surface area contributed by atoms with Crippen molar-refractivity contribution in [2.75, 3.05) is 44.3 Å². The minimum absolute atomic E-state index is 0.0673. The Labute approximate surface area is 235 Å².